The van der Waals surface area contributed by atoms with E-state index in [0.717, 1.165) is 35.4 Å². The van der Waals surface area contributed by atoms with E-state index < -0.39 is 0 Å². The number of anilines is 3. The molecule has 1 aromatic heterocycles. The SMILES string of the molecule is CC1C=C(c2ccc(C3N(C)c4ccccc4N3c3ccccc3)cc2)C2=C(C=CCC2)C1c1nc(-c2ccccc2)nc(-c2cccc(-c3ccccc3)c2)n1. The Balaban J connectivity index is 1.02. The van der Waals surface area contributed by atoms with Gasteiger partial charge in [0.1, 0.15) is 12.0 Å². The van der Waals surface area contributed by atoms with Crippen molar-refractivity contribution in [2.24, 2.45) is 5.92 Å². The molecule has 3 atom stereocenters. The van der Waals surface area contributed by atoms with Crippen molar-refractivity contribution in [3.05, 3.63) is 210 Å². The fourth-order valence-corrected chi connectivity index (χ4v) is 8.98. The van der Waals surface area contributed by atoms with Crippen LogP contribution in [0.15, 0.2) is 193 Å². The molecule has 0 amide bonds. The molecule has 0 radical (unpaired) electrons. The fourth-order valence-electron chi connectivity index (χ4n) is 8.98. The lowest BCUT2D eigenvalue weighted by Crippen LogP contribution is -2.30. The Morgan fingerprint density at radius 3 is 1.91 bits per heavy atom. The standard InChI is InChI=1S/C52H43N5/c1-35-33-45(37-29-31-39(32-30-37)52-56(2)46-27-14-15-28-47(46)57(52)42-23-10-5-11-24-42)43-25-12-13-26-44(43)48(35)51-54-49(38-19-8-4-9-20-38)53-50(55-51)41-22-16-21-40(34-41)36-17-6-3-7-18-36/h3-11,13-24,26-35,48,52H,12,25H2,1-2H3. The number of rotatable bonds is 7. The highest BCUT2D eigenvalue weighted by Gasteiger charge is 2.37. The van der Waals surface area contributed by atoms with Crippen LogP contribution in [0.4, 0.5) is 17.1 Å². The first-order valence-electron chi connectivity index (χ1n) is 20.0. The van der Waals surface area contributed by atoms with Gasteiger partial charge in [0.15, 0.2) is 11.6 Å². The lowest BCUT2D eigenvalue weighted by Gasteiger charge is -2.34. The molecule has 1 aliphatic heterocycles. The van der Waals surface area contributed by atoms with Crippen molar-refractivity contribution in [1.29, 1.82) is 0 Å². The number of nitrogens with zero attached hydrogens (tertiary/aromatic N) is 5. The maximum absolute atomic E-state index is 5.31. The Hall–Kier alpha value is -6.85. The molecule has 3 aliphatic rings. The molecule has 2 heterocycles. The third-order valence-electron chi connectivity index (χ3n) is 11.7. The van der Waals surface area contributed by atoms with Crippen molar-refractivity contribution in [2.45, 2.75) is 31.8 Å². The average Bonchev–Trinajstić information content (AvgIpc) is 3.58. The van der Waals surface area contributed by atoms with Crippen molar-refractivity contribution in [3.8, 4) is 33.9 Å². The van der Waals surface area contributed by atoms with Crippen molar-refractivity contribution in [3.63, 3.8) is 0 Å². The monoisotopic (exact) mass is 737 g/mol. The molecule has 10 rings (SSSR count). The number of fused-ring (bicyclic) bond motifs is 1. The van der Waals surface area contributed by atoms with E-state index >= 15 is 0 Å². The fraction of sp³-hybridized carbons (Fsp3) is 0.135. The summed E-state index contributed by atoms with van der Waals surface area (Å²) in [5, 5.41) is 0. The Bertz CT molecular complexity index is 2660. The van der Waals surface area contributed by atoms with E-state index in [9.17, 15) is 0 Å². The van der Waals surface area contributed by atoms with E-state index in [4.69, 9.17) is 15.0 Å². The highest BCUT2D eigenvalue weighted by Crippen LogP contribution is 2.50. The summed E-state index contributed by atoms with van der Waals surface area (Å²) in [6.07, 6.45) is 9.16. The predicted molar refractivity (Wildman–Crippen MR) is 234 cm³/mol. The summed E-state index contributed by atoms with van der Waals surface area (Å²) in [7, 11) is 2.20. The number of benzene rings is 6. The third-order valence-corrected chi connectivity index (χ3v) is 11.7. The lowest BCUT2D eigenvalue weighted by molar-refractivity contribution is 0.574. The first-order valence-corrected chi connectivity index (χ1v) is 20.0. The molecule has 57 heavy (non-hydrogen) atoms. The molecule has 2 aliphatic carbocycles. The normalized spacial score (nSPS) is 18.6. The van der Waals surface area contributed by atoms with Crippen LogP contribution in [0.3, 0.4) is 0 Å². The van der Waals surface area contributed by atoms with Gasteiger partial charge in [-0.05, 0) is 88.1 Å². The first-order chi connectivity index (χ1) is 28.1. The highest BCUT2D eigenvalue weighted by atomic mass is 15.4. The summed E-state index contributed by atoms with van der Waals surface area (Å²) >= 11 is 0. The summed E-state index contributed by atoms with van der Waals surface area (Å²) in [6.45, 7) is 2.31. The summed E-state index contributed by atoms with van der Waals surface area (Å²) in [4.78, 5) is 20.5. The van der Waals surface area contributed by atoms with Crippen LogP contribution in [-0.4, -0.2) is 22.0 Å². The zero-order valence-corrected chi connectivity index (χ0v) is 32.2. The van der Waals surface area contributed by atoms with Gasteiger partial charge < -0.3 is 9.80 Å². The molecule has 0 saturated heterocycles. The molecule has 276 valence electrons. The zero-order valence-electron chi connectivity index (χ0n) is 32.2. The van der Waals surface area contributed by atoms with Crippen LogP contribution in [-0.2, 0) is 0 Å². The van der Waals surface area contributed by atoms with E-state index in [1.165, 1.54) is 50.5 Å². The topological polar surface area (TPSA) is 45.2 Å². The van der Waals surface area contributed by atoms with Crippen molar-refractivity contribution >= 4 is 22.6 Å². The van der Waals surface area contributed by atoms with Gasteiger partial charge in [-0.2, -0.15) is 0 Å². The quantitative estimate of drug-likeness (QED) is 0.163. The van der Waals surface area contributed by atoms with Gasteiger partial charge in [0.05, 0.1) is 17.3 Å². The molecule has 5 heteroatoms. The van der Waals surface area contributed by atoms with Gasteiger partial charge in [0.2, 0.25) is 0 Å². The summed E-state index contributed by atoms with van der Waals surface area (Å²) < 4.78 is 0. The Morgan fingerprint density at radius 2 is 1.18 bits per heavy atom. The van der Waals surface area contributed by atoms with Crippen LogP contribution >= 0.6 is 0 Å². The third kappa shape index (κ3) is 6.35. The number of aromatic nitrogens is 3. The number of hydrogen-bond donors (Lipinski definition) is 0. The number of hydrogen-bond acceptors (Lipinski definition) is 5. The Labute approximate surface area is 335 Å². The van der Waals surface area contributed by atoms with E-state index in [1.807, 2.05) is 18.2 Å². The molecule has 5 nitrogen and oxygen atoms in total. The smallest absolute Gasteiger partial charge is 0.163 e. The molecule has 0 saturated carbocycles. The summed E-state index contributed by atoms with van der Waals surface area (Å²) in [5.74, 6) is 2.35. The van der Waals surface area contributed by atoms with E-state index in [-0.39, 0.29) is 18.0 Å². The largest absolute Gasteiger partial charge is 0.349 e. The van der Waals surface area contributed by atoms with Crippen molar-refractivity contribution in [1.82, 2.24) is 15.0 Å². The van der Waals surface area contributed by atoms with Crippen molar-refractivity contribution < 1.29 is 0 Å². The Morgan fingerprint density at radius 1 is 0.561 bits per heavy atom. The van der Waals surface area contributed by atoms with Crippen LogP contribution < -0.4 is 9.80 Å². The average molecular weight is 738 g/mol. The van der Waals surface area contributed by atoms with Gasteiger partial charge in [-0.15, -0.1) is 0 Å². The minimum Gasteiger partial charge on any atom is -0.349 e. The second kappa shape index (κ2) is 14.7. The van der Waals surface area contributed by atoms with E-state index in [2.05, 4.69) is 188 Å². The van der Waals surface area contributed by atoms with Crippen molar-refractivity contribution in [2.75, 3.05) is 16.8 Å². The van der Waals surface area contributed by atoms with Crippen LogP contribution in [0.2, 0.25) is 0 Å². The van der Waals surface area contributed by atoms with Crippen LogP contribution in [0.1, 0.15) is 48.8 Å². The molecule has 0 N–H and O–H groups in total. The van der Waals surface area contributed by atoms with E-state index in [1.54, 1.807) is 0 Å². The minimum absolute atomic E-state index is 0.00818. The predicted octanol–water partition coefficient (Wildman–Crippen LogP) is 12.6. The minimum atomic E-state index is -0.00818. The van der Waals surface area contributed by atoms with Gasteiger partial charge in [-0.25, -0.2) is 15.0 Å². The first kappa shape index (κ1) is 34.6. The second-order valence-corrected chi connectivity index (χ2v) is 15.2. The van der Waals surface area contributed by atoms with Gasteiger partial charge >= 0.3 is 0 Å². The lowest BCUT2D eigenvalue weighted by atomic mass is 9.72. The van der Waals surface area contributed by atoms with Crippen LogP contribution in [0, 0.1) is 5.92 Å². The number of allylic oxidation sites excluding steroid dienone is 6. The van der Waals surface area contributed by atoms with E-state index in [0.29, 0.717) is 11.6 Å². The van der Waals surface area contributed by atoms with Gasteiger partial charge in [0, 0.05) is 23.9 Å². The Kier molecular flexibility index (Phi) is 8.91. The van der Waals surface area contributed by atoms with Gasteiger partial charge in [0.25, 0.3) is 0 Å². The van der Waals surface area contributed by atoms with Crippen LogP contribution in [0.5, 0.6) is 0 Å². The molecule has 0 spiro atoms. The summed E-state index contributed by atoms with van der Waals surface area (Å²) in [6, 6.07) is 58.1. The molecule has 3 unspecified atom stereocenters. The molecular weight excluding hydrogens is 695 g/mol. The van der Waals surface area contributed by atoms with Gasteiger partial charge in [-0.1, -0.05) is 159 Å². The molecule has 6 aromatic carbocycles. The zero-order chi connectivity index (χ0) is 38.3. The number of para-hydroxylation sites is 3. The maximum Gasteiger partial charge on any atom is 0.163 e. The highest BCUT2D eigenvalue weighted by molar-refractivity contribution is 5.86. The second-order valence-electron chi connectivity index (χ2n) is 15.2. The molecule has 0 fully saturated rings. The summed E-state index contributed by atoms with van der Waals surface area (Å²) in [5.41, 5.74) is 14.4. The molecule has 0 bridgehead atoms. The molecular formula is C52H43N5. The maximum atomic E-state index is 5.31. The molecule has 7 aromatic rings. The van der Waals surface area contributed by atoms with Crippen LogP contribution in [0.25, 0.3) is 39.5 Å². The van der Waals surface area contributed by atoms with Gasteiger partial charge in [-0.3, -0.25) is 0 Å².